The molecule has 0 radical (unpaired) electrons. The van der Waals surface area contributed by atoms with E-state index in [4.69, 9.17) is 4.98 Å². The molecule has 320 valence electrons. The third-order valence-corrected chi connectivity index (χ3v) is 15.8. The average molecular weight is 871 g/mol. The summed E-state index contributed by atoms with van der Waals surface area (Å²) in [4.78, 5) is 9.40. The van der Waals surface area contributed by atoms with Crippen molar-refractivity contribution in [3.05, 3.63) is 210 Å². The van der Waals surface area contributed by atoms with Crippen LogP contribution in [0.1, 0.15) is 39.9 Å². The van der Waals surface area contributed by atoms with Crippen LogP contribution in [-0.4, -0.2) is 28.2 Å². The van der Waals surface area contributed by atoms with E-state index >= 15 is 0 Å². The van der Waals surface area contributed by atoms with Crippen molar-refractivity contribution in [2.24, 2.45) is 0 Å². The van der Waals surface area contributed by atoms with E-state index in [1.54, 1.807) is 0 Å². The van der Waals surface area contributed by atoms with E-state index in [-0.39, 0.29) is 0 Å². The lowest BCUT2D eigenvalue weighted by molar-refractivity contribution is 0.858. The topological polar surface area (TPSA) is 45.5 Å². The molecule has 0 amide bonds. The summed E-state index contributed by atoms with van der Waals surface area (Å²) < 4.78 is 10.1. The van der Waals surface area contributed by atoms with Crippen LogP contribution in [-0.2, 0) is 32.1 Å². The van der Waals surface area contributed by atoms with Gasteiger partial charge in [-0.1, -0.05) is 72.8 Å². The summed E-state index contributed by atoms with van der Waals surface area (Å²) in [5.74, 6) is 0. The molecule has 6 heteroatoms. The Morgan fingerprint density at radius 3 is 1.44 bits per heavy atom. The molecule has 68 heavy (non-hydrogen) atoms. The zero-order valence-electron chi connectivity index (χ0n) is 37.2. The number of para-hydroxylation sites is 4. The second-order valence-electron chi connectivity index (χ2n) is 19.1. The third-order valence-electron chi connectivity index (χ3n) is 15.8. The predicted octanol–water partition coefficient (Wildman–Crippen LogP) is 14.5. The quantitative estimate of drug-likeness (QED) is 0.177. The molecule has 0 aliphatic heterocycles. The van der Waals surface area contributed by atoms with Gasteiger partial charge in [-0.2, -0.15) is 0 Å². The van der Waals surface area contributed by atoms with Crippen LogP contribution in [0, 0.1) is 0 Å². The second-order valence-corrected chi connectivity index (χ2v) is 19.1. The first-order chi connectivity index (χ1) is 33.8. The lowest BCUT2D eigenvalue weighted by Gasteiger charge is -2.31. The van der Waals surface area contributed by atoms with Gasteiger partial charge in [-0.25, -0.2) is 0 Å². The van der Waals surface area contributed by atoms with Crippen molar-refractivity contribution in [1.82, 2.24) is 28.2 Å². The summed E-state index contributed by atoms with van der Waals surface area (Å²) >= 11 is 0. The van der Waals surface area contributed by atoms with Gasteiger partial charge in [0, 0.05) is 72.7 Å². The van der Waals surface area contributed by atoms with Gasteiger partial charge in [0.15, 0.2) is 0 Å². The van der Waals surface area contributed by atoms with Crippen LogP contribution in [0.3, 0.4) is 0 Å². The number of hydrogen-bond acceptors (Lipinski definition) is 2. The molecule has 16 rings (SSSR count). The Morgan fingerprint density at radius 2 is 0.868 bits per heavy atom. The van der Waals surface area contributed by atoms with Crippen LogP contribution in [0.25, 0.3) is 116 Å². The summed E-state index contributed by atoms with van der Waals surface area (Å²) in [6.45, 7) is 0. The van der Waals surface area contributed by atoms with Crippen LogP contribution in [0.4, 0.5) is 0 Å². The van der Waals surface area contributed by atoms with Crippen LogP contribution in [0.5, 0.6) is 0 Å². The van der Waals surface area contributed by atoms with E-state index in [9.17, 15) is 0 Å². The minimum absolute atomic E-state index is 0.944. The van der Waals surface area contributed by atoms with Gasteiger partial charge in [-0.3, -0.25) is 9.97 Å². The molecule has 0 saturated carbocycles. The zero-order valence-corrected chi connectivity index (χ0v) is 37.2. The molecule has 6 heterocycles. The van der Waals surface area contributed by atoms with Gasteiger partial charge in [0.05, 0.1) is 62.4 Å². The molecule has 6 aromatic heterocycles. The van der Waals surface area contributed by atoms with Gasteiger partial charge in [-0.15, -0.1) is 0 Å². The van der Waals surface area contributed by atoms with E-state index in [1.165, 1.54) is 132 Å². The molecule has 13 aromatic rings. The molecule has 3 aliphatic carbocycles. The van der Waals surface area contributed by atoms with Gasteiger partial charge in [-0.05, 0) is 157 Å². The van der Waals surface area contributed by atoms with Crippen molar-refractivity contribution in [3.8, 4) is 28.2 Å². The van der Waals surface area contributed by atoms with Gasteiger partial charge >= 0.3 is 0 Å². The number of rotatable bonds is 4. The number of aryl methyl sites for hydroxylation is 4. The molecule has 6 nitrogen and oxygen atoms in total. The van der Waals surface area contributed by atoms with Crippen molar-refractivity contribution >= 4 is 88.1 Å². The zero-order chi connectivity index (χ0) is 44.2. The normalized spacial score (nSPS) is 14.2. The number of pyridine rings is 2. The highest BCUT2D eigenvalue weighted by Gasteiger charge is 2.34. The summed E-state index contributed by atoms with van der Waals surface area (Å²) in [5.41, 5.74) is 25.2. The maximum absolute atomic E-state index is 4.71. The average Bonchev–Trinajstić information content (AvgIpc) is 4.13. The molecular formula is C62H42N6. The summed E-state index contributed by atoms with van der Waals surface area (Å²) in [6, 6.07) is 56.3. The Kier molecular flexibility index (Phi) is 7.32. The standard InChI is InChI=1S/C62H42N6/c1-5-17-53-43(13-1)44-14-2-6-18-54(44)65(53)39-23-27-57-49(33-39)51-31-37-21-22-38-32-52-50-34-40(66-55-19-7-3-15-45(55)46-16-4-8-20-56(46)66)24-28-58(50)68(42-12-10-30-64-36-42)62(52)48-26-25-47(59(37)60(38)48)61(51)67(57)41-11-9-29-63-35-41/h1-20,23,27,29-36H,21-22,24-26,28H2. The van der Waals surface area contributed by atoms with E-state index in [0.29, 0.717) is 0 Å². The van der Waals surface area contributed by atoms with Crippen molar-refractivity contribution in [2.75, 3.05) is 0 Å². The maximum atomic E-state index is 4.71. The predicted molar refractivity (Wildman–Crippen MR) is 280 cm³/mol. The van der Waals surface area contributed by atoms with Crippen molar-refractivity contribution in [1.29, 1.82) is 0 Å². The lowest BCUT2D eigenvalue weighted by Crippen LogP contribution is -2.16. The minimum Gasteiger partial charge on any atom is -0.313 e. The largest absolute Gasteiger partial charge is 0.313 e. The molecule has 0 bridgehead atoms. The van der Waals surface area contributed by atoms with Crippen LogP contribution in [0.2, 0.25) is 0 Å². The fourth-order valence-electron chi connectivity index (χ4n) is 13.2. The number of fused-ring (bicyclic) bond motifs is 14. The van der Waals surface area contributed by atoms with E-state index < -0.39 is 0 Å². The summed E-state index contributed by atoms with van der Waals surface area (Å²) in [5, 5.41) is 9.13. The van der Waals surface area contributed by atoms with Gasteiger partial charge in [0.25, 0.3) is 0 Å². The van der Waals surface area contributed by atoms with E-state index in [2.05, 4.69) is 187 Å². The number of hydrogen-bond donors (Lipinski definition) is 0. The fraction of sp³-hybridized carbons (Fsp3) is 0.0968. The van der Waals surface area contributed by atoms with Gasteiger partial charge in [0.1, 0.15) is 0 Å². The Labute approximate surface area is 391 Å². The number of allylic oxidation sites excluding steroid dienone is 1. The lowest BCUT2D eigenvalue weighted by atomic mass is 9.73. The monoisotopic (exact) mass is 870 g/mol. The van der Waals surface area contributed by atoms with Crippen LogP contribution < -0.4 is 0 Å². The second kappa shape index (κ2) is 13.6. The molecular weight excluding hydrogens is 829 g/mol. The van der Waals surface area contributed by atoms with Crippen molar-refractivity contribution in [3.63, 3.8) is 0 Å². The Bertz CT molecular complexity index is 4260. The molecule has 0 atom stereocenters. The number of benzene rings is 7. The number of nitrogens with zero attached hydrogens (tertiary/aromatic N) is 6. The third kappa shape index (κ3) is 4.81. The summed E-state index contributed by atoms with van der Waals surface area (Å²) in [6.07, 6.45) is 16.2. The first-order valence-electron chi connectivity index (χ1n) is 24.1. The van der Waals surface area contributed by atoms with Crippen LogP contribution in [0.15, 0.2) is 176 Å². The van der Waals surface area contributed by atoms with Crippen molar-refractivity contribution < 1.29 is 0 Å². The first-order valence-corrected chi connectivity index (χ1v) is 24.1. The maximum Gasteiger partial charge on any atom is 0.0645 e. The molecule has 0 fully saturated rings. The Hall–Kier alpha value is -8.48. The SMILES string of the molecule is C1=C(n2c3ccccc3c3ccccc32)CCc2c1c1cc3c4c(c1n2-c1cccnc1)CCc1c-4c(cc2c4cc(-n5c6ccccc6c6ccccc65)ccc4n(-c4cccnc4)c12)CC3. The minimum atomic E-state index is 0.944. The number of aromatic nitrogens is 6. The summed E-state index contributed by atoms with van der Waals surface area (Å²) in [7, 11) is 0. The van der Waals surface area contributed by atoms with Crippen molar-refractivity contribution in [2.45, 2.75) is 38.5 Å². The molecule has 0 saturated heterocycles. The highest BCUT2D eigenvalue weighted by Crippen LogP contribution is 2.52. The first kappa shape index (κ1) is 36.7. The molecule has 3 aliphatic rings. The van der Waals surface area contributed by atoms with E-state index in [0.717, 1.165) is 49.9 Å². The highest BCUT2D eigenvalue weighted by molar-refractivity contribution is 6.16. The molecule has 7 aromatic carbocycles. The van der Waals surface area contributed by atoms with Crippen LogP contribution >= 0.6 is 0 Å². The Balaban J connectivity index is 0.960. The molecule has 0 N–H and O–H groups in total. The molecule has 0 spiro atoms. The van der Waals surface area contributed by atoms with Gasteiger partial charge < -0.3 is 18.3 Å². The highest BCUT2D eigenvalue weighted by atomic mass is 15.0. The molecule has 0 unspecified atom stereocenters. The fourth-order valence-corrected chi connectivity index (χ4v) is 13.2. The van der Waals surface area contributed by atoms with Gasteiger partial charge in [0.2, 0.25) is 0 Å². The smallest absolute Gasteiger partial charge is 0.0645 e. The Morgan fingerprint density at radius 1 is 0.353 bits per heavy atom. The van der Waals surface area contributed by atoms with E-state index in [1.807, 2.05) is 18.6 Å².